The molecule has 0 spiro atoms. The highest BCUT2D eigenvalue weighted by Crippen LogP contribution is 2.66. The van der Waals surface area contributed by atoms with Gasteiger partial charge in [-0.25, -0.2) is 9.78 Å². The van der Waals surface area contributed by atoms with Gasteiger partial charge in [-0.3, -0.25) is 4.79 Å². The second-order valence-electron chi connectivity index (χ2n) is 8.61. The highest BCUT2D eigenvalue weighted by Gasteiger charge is 2.61. The van der Waals surface area contributed by atoms with E-state index < -0.39 is 5.97 Å². The minimum atomic E-state index is -0.411. The Morgan fingerprint density at radius 2 is 2.07 bits per heavy atom. The summed E-state index contributed by atoms with van der Waals surface area (Å²) in [5.74, 6) is -0.0378. The summed E-state index contributed by atoms with van der Waals surface area (Å²) in [5.41, 5.74) is 3.16. The van der Waals surface area contributed by atoms with Crippen molar-refractivity contribution >= 4 is 29.3 Å². The number of ether oxygens (including phenoxy) is 1. The van der Waals surface area contributed by atoms with E-state index in [1.165, 1.54) is 11.8 Å². The smallest absolute Gasteiger partial charge is 0.338 e. The fourth-order valence-electron chi connectivity index (χ4n) is 4.69. The number of nitrogens with zero attached hydrogens (tertiary/aromatic N) is 3. The molecule has 1 aromatic heterocycles. The number of carbonyl (C=O) groups excluding carboxylic acids is 2. The van der Waals surface area contributed by atoms with Crippen LogP contribution in [-0.4, -0.2) is 39.4 Å². The molecule has 1 saturated carbocycles. The zero-order valence-corrected chi connectivity index (χ0v) is 18.5. The quantitative estimate of drug-likeness (QED) is 0.552. The average Bonchev–Trinajstić information content (AvgIpc) is 3.05. The molecule has 158 valence electrons. The van der Waals surface area contributed by atoms with Gasteiger partial charge in [0.15, 0.2) is 0 Å². The fraction of sp³-hybridized carbons (Fsp3) is 0.500. The Labute approximate surface area is 180 Å². The van der Waals surface area contributed by atoms with E-state index in [2.05, 4.69) is 36.3 Å². The van der Waals surface area contributed by atoms with Crippen molar-refractivity contribution < 1.29 is 14.3 Å². The maximum atomic E-state index is 12.4. The maximum absolute atomic E-state index is 12.4. The van der Waals surface area contributed by atoms with Gasteiger partial charge in [0, 0.05) is 17.0 Å². The van der Waals surface area contributed by atoms with Crippen molar-refractivity contribution in [1.29, 1.82) is 0 Å². The van der Waals surface area contributed by atoms with Gasteiger partial charge in [-0.15, -0.1) is 5.10 Å². The second kappa shape index (κ2) is 7.65. The molecule has 0 radical (unpaired) electrons. The largest absolute Gasteiger partial charge is 0.462 e. The molecular formula is C22H26N4O3S. The third-order valence-corrected chi connectivity index (χ3v) is 7.60. The van der Waals surface area contributed by atoms with Crippen LogP contribution < -0.4 is 5.32 Å². The van der Waals surface area contributed by atoms with Gasteiger partial charge in [0.25, 0.3) is 0 Å². The highest BCUT2D eigenvalue weighted by molar-refractivity contribution is 7.99. The average molecular weight is 427 g/mol. The first kappa shape index (κ1) is 20.8. The summed E-state index contributed by atoms with van der Waals surface area (Å²) in [7, 11) is 0. The first-order chi connectivity index (χ1) is 14.3. The van der Waals surface area contributed by atoms with Crippen molar-refractivity contribution in [3.63, 3.8) is 0 Å². The Hall–Kier alpha value is -2.48. The van der Waals surface area contributed by atoms with Gasteiger partial charge in [-0.1, -0.05) is 38.6 Å². The van der Waals surface area contributed by atoms with Crippen LogP contribution in [0.4, 0.5) is 5.69 Å². The first-order valence-electron chi connectivity index (χ1n) is 10.2. The molecule has 4 rings (SSSR count). The maximum Gasteiger partial charge on any atom is 0.338 e. The van der Waals surface area contributed by atoms with Crippen molar-refractivity contribution in [2.24, 2.45) is 5.41 Å². The lowest BCUT2D eigenvalue weighted by Gasteiger charge is -2.33. The zero-order valence-electron chi connectivity index (χ0n) is 17.7. The minimum Gasteiger partial charge on any atom is -0.462 e. The van der Waals surface area contributed by atoms with Gasteiger partial charge in [-0.05, 0) is 43.4 Å². The molecule has 1 heterocycles. The molecule has 0 saturated heterocycles. The summed E-state index contributed by atoms with van der Waals surface area (Å²) >= 11 is 1.27. The van der Waals surface area contributed by atoms with Crippen molar-refractivity contribution in [3.8, 4) is 0 Å². The Kier molecular flexibility index (Phi) is 5.30. The molecule has 2 aliphatic carbocycles. The number of anilines is 1. The van der Waals surface area contributed by atoms with Crippen LogP contribution in [-0.2, 0) is 14.9 Å². The SMILES string of the molecule is CCOC(=O)c1cccc(NC(=O)CSc2nnc3c(n2)C2(C)CCC3C2(C)C)c1. The summed E-state index contributed by atoms with van der Waals surface area (Å²) in [6.45, 7) is 8.91. The number of amides is 1. The normalized spacial score (nSPS) is 23.1. The van der Waals surface area contributed by atoms with Crippen molar-refractivity contribution in [2.75, 3.05) is 17.7 Å². The van der Waals surface area contributed by atoms with Crippen LogP contribution in [0.1, 0.15) is 68.2 Å². The van der Waals surface area contributed by atoms with E-state index in [9.17, 15) is 9.59 Å². The number of esters is 1. The number of hydrogen-bond acceptors (Lipinski definition) is 7. The van der Waals surface area contributed by atoms with E-state index in [0.717, 1.165) is 24.2 Å². The summed E-state index contributed by atoms with van der Waals surface area (Å²) in [6.07, 6.45) is 2.24. The molecular weight excluding hydrogens is 400 g/mol. The molecule has 1 amide bonds. The molecule has 2 aliphatic rings. The Balaban J connectivity index is 1.40. The number of rotatable bonds is 6. The number of thioether (sulfide) groups is 1. The minimum absolute atomic E-state index is 0.00798. The fourth-order valence-corrected chi connectivity index (χ4v) is 5.28. The summed E-state index contributed by atoms with van der Waals surface area (Å²) in [4.78, 5) is 29.0. The molecule has 8 heteroatoms. The number of carbonyl (C=O) groups is 2. The molecule has 1 N–H and O–H groups in total. The standard InChI is InChI=1S/C22H26N4O3S/c1-5-29-19(28)13-7-6-8-14(11-13)23-16(27)12-30-20-24-18-17(25-26-20)15-9-10-22(18,4)21(15,2)3/h6-8,11,15H,5,9-10,12H2,1-4H3,(H,23,27). The van der Waals surface area contributed by atoms with Gasteiger partial charge in [0.05, 0.1) is 29.3 Å². The van der Waals surface area contributed by atoms with E-state index in [0.29, 0.717) is 28.9 Å². The molecule has 1 aromatic carbocycles. The van der Waals surface area contributed by atoms with Gasteiger partial charge in [0.2, 0.25) is 11.1 Å². The van der Waals surface area contributed by atoms with Crippen LogP contribution in [0.3, 0.4) is 0 Å². The number of nitrogens with one attached hydrogen (secondary N) is 1. The predicted molar refractivity (Wildman–Crippen MR) is 115 cm³/mol. The van der Waals surface area contributed by atoms with Crippen molar-refractivity contribution in [2.45, 2.75) is 57.0 Å². The van der Waals surface area contributed by atoms with E-state index >= 15 is 0 Å². The van der Waals surface area contributed by atoms with Crippen LogP contribution in [0.25, 0.3) is 0 Å². The van der Waals surface area contributed by atoms with Crippen LogP contribution in [0.2, 0.25) is 0 Å². The number of aromatic nitrogens is 3. The molecule has 0 aliphatic heterocycles. The Bertz CT molecular complexity index is 1010. The summed E-state index contributed by atoms with van der Waals surface area (Å²) in [5, 5.41) is 12.1. The lowest BCUT2D eigenvalue weighted by Crippen LogP contribution is -2.32. The van der Waals surface area contributed by atoms with Crippen LogP contribution in [0, 0.1) is 5.41 Å². The Morgan fingerprint density at radius 1 is 1.27 bits per heavy atom. The van der Waals surface area contributed by atoms with Gasteiger partial charge < -0.3 is 10.1 Å². The molecule has 2 bridgehead atoms. The number of fused-ring (bicyclic) bond motifs is 5. The molecule has 30 heavy (non-hydrogen) atoms. The highest BCUT2D eigenvalue weighted by atomic mass is 32.2. The van der Waals surface area contributed by atoms with E-state index in [4.69, 9.17) is 9.72 Å². The van der Waals surface area contributed by atoms with Crippen molar-refractivity contribution in [1.82, 2.24) is 15.2 Å². The van der Waals surface area contributed by atoms with Crippen LogP contribution in [0.5, 0.6) is 0 Å². The molecule has 1 fully saturated rings. The molecule has 2 atom stereocenters. The third-order valence-electron chi connectivity index (χ3n) is 6.76. The van der Waals surface area contributed by atoms with Crippen LogP contribution >= 0.6 is 11.8 Å². The lowest BCUT2D eigenvalue weighted by atomic mass is 9.70. The Morgan fingerprint density at radius 3 is 2.83 bits per heavy atom. The zero-order chi connectivity index (χ0) is 21.5. The lowest BCUT2D eigenvalue weighted by molar-refractivity contribution is -0.113. The summed E-state index contributed by atoms with van der Waals surface area (Å²) in [6, 6.07) is 6.70. The second-order valence-corrected chi connectivity index (χ2v) is 9.55. The molecule has 2 aromatic rings. The molecule has 7 nitrogen and oxygen atoms in total. The van der Waals surface area contributed by atoms with Gasteiger partial charge in [0.1, 0.15) is 0 Å². The van der Waals surface area contributed by atoms with Gasteiger partial charge in [-0.2, -0.15) is 5.10 Å². The predicted octanol–water partition coefficient (Wildman–Crippen LogP) is 3.95. The van der Waals surface area contributed by atoms with E-state index in [-0.39, 0.29) is 22.5 Å². The monoisotopic (exact) mass is 426 g/mol. The van der Waals surface area contributed by atoms with Crippen molar-refractivity contribution in [3.05, 3.63) is 41.2 Å². The van der Waals surface area contributed by atoms with Gasteiger partial charge >= 0.3 is 5.97 Å². The first-order valence-corrected chi connectivity index (χ1v) is 11.2. The van der Waals surface area contributed by atoms with E-state index in [1.807, 2.05) is 0 Å². The van der Waals surface area contributed by atoms with Crippen LogP contribution in [0.15, 0.2) is 29.4 Å². The van der Waals surface area contributed by atoms with E-state index in [1.54, 1.807) is 31.2 Å². The summed E-state index contributed by atoms with van der Waals surface area (Å²) < 4.78 is 4.99. The third kappa shape index (κ3) is 3.37. The number of benzene rings is 1. The topological polar surface area (TPSA) is 94.1 Å². The number of hydrogen-bond donors (Lipinski definition) is 1. The molecule has 2 unspecified atom stereocenters.